The summed E-state index contributed by atoms with van der Waals surface area (Å²) in [6.45, 7) is 0. The van der Waals surface area contributed by atoms with Crippen LogP contribution in [-0.4, -0.2) is 20.1 Å². The summed E-state index contributed by atoms with van der Waals surface area (Å²) in [5, 5.41) is 0. The Morgan fingerprint density at radius 1 is 1.20 bits per heavy atom. The van der Waals surface area contributed by atoms with Crippen LogP contribution >= 0.6 is 27.5 Å². The van der Waals surface area contributed by atoms with Crippen molar-refractivity contribution >= 4 is 43.2 Å². The van der Waals surface area contributed by atoms with Crippen LogP contribution in [0.4, 0.5) is 18.9 Å². The second kappa shape index (κ2) is 7.00. The molecule has 3 nitrogen and oxygen atoms in total. The summed E-state index contributed by atoms with van der Waals surface area (Å²) in [4.78, 5) is 0. The number of nitrogens with one attached hydrogen (secondary N) is 1. The van der Waals surface area contributed by atoms with Crippen LogP contribution in [0.2, 0.25) is 0 Å². The lowest BCUT2D eigenvalue weighted by Crippen LogP contribution is -2.17. The number of halogens is 5. The number of unbranched alkanes of at least 4 members (excludes halogenated alkanes) is 1. The van der Waals surface area contributed by atoms with E-state index in [-0.39, 0.29) is 15.9 Å². The first-order chi connectivity index (χ1) is 9.14. The van der Waals surface area contributed by atoms with E-state index in [2.05, 4.69) is 20.7 Å². The fourth-order valence-corrected chi connectivity index (χ4v) is 3.27. The minimum absolute atomic E-state index is 0.127. The molecule has 0 unspecified atom stereocenters. The Bertz CT molecular complexity index is 563. The van der Waals surface area contributed by atoms with Crippen LogP contribution < -0.4 is 4.72 Å². The summed E-state index contributed by atoms with van der Waals surface area (Å²) < 4.78 is 63.5. The lowest BCUT2D eigenvalue weighted by Gasteiger charge is -2.12. The fourth-order valence-electron chi connectivity index (χ4n) is 1.43. The summed E-state index contributed by atoms with van der Waals surface area (Å²) in [6.07, 6.45) is -3.67. The zero-order chi connectivity index (χ0) is 15.4. The van der Waals surface area contributed by atoms with Crippen molar-refractivity contribution in [1.82, 2.24) is 0 Å². The molecule has 0 saturated heterocycles. The van der Waals surface area contributed by atoms with E-state index < -0.39 is 21.8 Å². The normalized spacial score (nSPS) is 12.4. The summed E-state index contributed by atoms with van der Waals surface area (Å²) in [6, 6.07) is 2.91. The fraction of sp³-hybridized carbons (Fsp3) is 0.455. The van der Waals surface area contributed by atoms with E-state index in [0.29, 0.717) is 18.7 Å². The number of hydrogen-bond acceptors (Lipinski definition) is 2. The third kappa shape index (κ3) is 5.88. The number of alkyl halides is 4. The highest BCUT2D eigenvalue weighted by Crippen LogP contribution is 2.33. The number of benzene rings is 1. The van der Waals surface area contributed by atoms with Crippen LogP contribution in [0.5, 0.6) is 0 Å². The van der Waals surface area contributed by atoms with Gasteiger partial charge in [0.2, 0.25) is 10.0 Å². The molecule has 0 aliphatic heterocycles. The maximum absolute atomic E-state index is 12.6. The lowest BCUT2D eigenvalue weighted by molar-refractivity contribution is -0.137. The largest absolute Gasteiger partial charge is 0.416 e. The van der Waals surface area contributed by atoms with Crippen LogP contribution in [0.1, 0.15) is 18.4 Å². The average Bonchev–Trinajstić information content (AvgIpc) is 2.26. The first-order valence-corrected chi connectivity index (χ1v) is 8.56. The third-order valence-electron chi connectivity index (χ3n) is 2.30. The highest BCUT2D eigenvalue weighted by Gasteiger charge is 2.31. The van der Waals surface area contributed by atoms with Gasteiger partial charge >= 0.3 is 6.18 Å². The second-order valence-corrected chi connectivity index (χ2v) is 7.18. The Morgan fingerprint density at radius 3 is 2.40 bits per heavy atom. The molecule has 1 aromatic rings. The van der Waals surface area contributed by atoms with Gasteiger partial charge in [-0.15, -0.1) is 11.6 Å². The molecule has 1 N–H and O–H groups in total. The van der Waals surface area contributed by atoms with Gasteiger partial charge in [0.1, 0.15) is 0 Å². The highest BCUT2D eigenvalue weighted by atomic mass is 79.9. The number of hydrogen-bond donors (Lipinski definition) is 1. The van der Waals surface area contributed by atoms with Gasteiger partial charge in [-0.1, -0.05) is 15.9 Å². The second-order valence-electron chi connectivity index (χ2n) is 4.04. The van der Waals surface area contributed by atoms with E-state index in [1.807, 2.05) is 0 Å². The van der Waals surface area contributed by atoms with Crippen LogP contribution in [-0.2, 0) is 16.2 Å². The molecule has 0 saturated carbocycles. The zero-order valence-electron chi connectivity index (χ0n) is 10.2. The van der Waals surface area contributed by atoms with E-state index >= 15 is 0 Å². The Balaban J connectivity index is 2.90. The molecule has 0 heterocycles. The smallest absolute Gasteiger partial charge is 0.284 e. The van der Waals surface area contributed by atoms with Crippen molar-refractivity contribution in [2.45, 2.75) is 19.0 Å². The van der Waals surface area contributed by atoms with Crippen LogP contribution in [0.25, 0.3) is 0 Å². The number of sulfonamides is 1. The molecule has 0 atom stereocenters. The van der Waals surface area contributed by atoms with Crippen molar-refractivity contribution in [1.29, 1.82) is 0 Å². The van der Waals surface area contributed by atoms with Gasteiger partial charge in [0.25, 0.3) is 0 Å². The van der Waals surface area contributed by atoms with Crippen molar-refractivity contribution in [2.24, 2.45) is 0 Å². The molecule has 1 aromatic carbocycles. The minimum Gasteiger partial charge on any atom is -0.284 e. The predicted molar refractivity (Wildman–Crippen MR) is 76.5 cm³/mol. The van der Waals surface area contributed by atoms with Gasteiger partial charge in [0.15, 0.2) is 0 Å². The van der Waals surface area contributed by atoms with Gasteiger partial charge < -0.3 is 0 Å². The molecule has 0 bridgehead atoms. The maximum atomic E-state index is 12.6. The Morgan fingerprint density at radius 2 is 1.85 bits per heavy atom. The van der Waals surface area contributed by atoms with Crippen LogP contribution in [0, 0.1) is 0 Å². The van der Waals surface area contributed by atoms with Gasteiger partial charge in [-0.2, -0.15) is 13.2 Å². The van der Waals surface area contributed by atoms with E-state index in [1.165, 1.54) is 6.07 Å². The first kappa shape index (κ1) is 17.6. The van der Waals surface area contributed by atoms with Gasteiger partial charge in [0.05, 0.1) is 17.0 Å². The van der Waals surface area contributed by atoms with E-state index in [9.17, 15) is 21.6 Å². The average molecular weight is 395 g/mol. The van der Waals surface area contributed by atoms with Crippen molar-refractivity contribution in [3.63, 3.8) is 0 Å². The topological polar surface area (TPSA) is 46.2 Å². The Hall–Kier alpha value is -0.470. The van der Waals surface area contributed by atoms with Crippen molar-refractivity contribution in [3.05, 3.63) is 28.2 Å². The van der Waals surface area contributed by atoms with E-state index in [0.717, 1.165) is 12.1 Å². The summed E-state index contributed by atoms with van der Waals surface area (Å²) in [7, 11) is -3.68. The first-order valence-electron chi connectivity index (χ1n) is 5.58. The lowest BCUT2D eigenvalue weighted by atomic mass is 10.2. The van der Waals surface area contributed by atoms with Gasteiger partial charge in [-0.05, 0) is 31.0 Å². The molecule has 20 heavy (non-hydrogen) atoms. The predicted octanol–water partition coefficient (Wildman–Crippen LogP) is 4.23. The highest BCUT2D eigenvalue weighted by molar-refractivity contribution is 9.10. The monoisotopic (exact) mass is 393 g/mol. The zero-order valence-corrected chi connectivity index (χ0v) is 13.3. The molecule has 0 amide bonds. The van der Waals surface area contributed by atoms with Gasteiger partial charge in [-0.3, -0.25) is 4.72 Å². The molecule has 0 fully saturated rings. The van der Waals surface area contributed by atoms with E-state index in [1.54, 1.807) is 0 Å². The maximum Gasteiger partial charge on any atom is 0.416 e. The summed E-state index contributed by atoms with van der Waals surface area (Å²) in [5.41, 5.74) is -1.05. The Labute approximate surface area is 128 Å². The summed E-state index contributed by atoms with van der Waals surface area (Å²) in [5.74, 6) is 0.151. The molecule has 1 rings (SSSR count). The van der Waals surface area contributed by atoms with E-state index in [4.69, 9.17) is 11.6 Å². The minimum atomic E-state index is -4.54. The molecule has 0 radical (unpaired) electrons. The molecule has 0 aromatic heterocycles. The molecule has 0 spiro atoms. The SMILES string of the molecule is O=S(=O)(CCCCCl)Nc1cc(Br)cc(C(F)(F)F)c1. The van der Waals surface area contributed by atoms with Gasteiger partial charge in [-0.25, -0.2) is 8.42 Å². The Kier molecular flexibility index (Phi) is 6.15. The van der Waals surface area contributed by atoms with Crippen LogP contribution in [0.15, 0.2) is 22.7 Å². The molecular weight excluding hydrogens is 383 g/mol. The molecule has 0 aliphatic rings. The number of rotatable bonds is 6. The summed E-state index contributed by atoms with van der Waals surface area (Å²) >= 11 is 8.36. The molecule has 9 heteroatoms. The standard InChI is InChI=1S/C11H12BrClF3NO2S/c12-9-5-8(11(14,15)16)6-10(7-9)17-20(18,19)4-2-1-3-13/h5-7,17H,1-4H2. The van der Waals surface area contributed by atoms with Crippen molar-refractivity contribution < 1.29 is 21.6 Å². The molecular formula is C11H12BrClF3NO2S. The molecule has 114 valence electrons. The van der Waals surface area contributed by atoms with Crippen molar-refractivity contribution in [3.8, 4) is 0 Å². The quantitative estimate of drug-likeness (QED) is 0.580. The van der Waals surface area contributed by atoms with Gasteiger partial charge in [0, 0.05) is 10.4 Å². The third-order valence-corrected chi connectivity index (χ3v) is 4.39. The molecule has 0 aliphatic carbocycles. The van der Waals surface area contributed by atoms with Crippen molar-refractivity contribution in [2.75, 3.05) is 16.4 Å². The number of anilines is 1. The van der Waals surface area contributed by atoms with Crippen LogP contribution in [0.3, 0.4) is 0 Å².